The zero-order chi connectivity index (χ0) is 18.8. The van der Waals surface area contributed by atoms with E-state index in [9.17, 15) is 4.79 Å². The van der Waals surface area contributed by atoms with E-state index in [0.29, 0.717) is 22.3 Å². The van der Waals surface area contributed by atoms with Gasteiger partial charge < -0.3 is 9.73 Å². The van der Waals surface area contributed by atoms with Crippen LogP contribution < -0.4 is 5.32 Å². The number of pyridine rings is 2. The Morgan fingerprint density at radius 1 is 1.19 bits per heavy atom. The zero-order valence-corrected chi connectivity index (χ0v) is 15.7. The summed E-state index contributed by atoms with van der Waals surface area (Å²) >= 11 is 7.82. The van der Waals surface area contributed by atoms with Crippen LogP contribution in [0.3, 0.4) is 0 Å². The Labute approximate surface area is 163 Å². The van der Waals surface area contributed by atoms with Gasteiger partial charge in [-0.1, -0.05) is 11.6 Å². The summed E-state index contributed by atoms with van der Waals surface area (Å²) in [5.74, 6) is 0.758. The Balaban J connectivity index is 1.55. The predicted molar refractivity (Wildman–Crippen MR) is 105 cm³/mol. The first kappa shape index (κ1) is 17.4. The lowest BCUT2D eigenvalue weighted by Gasteiger charge is -2.07. The van der Waals surface area contributed by atoms with Crippen molar-refractivity contribution in [1.82, 2.24) is 15.0 Å². The molecule has 0 radical (unpaired) electrons. The Hall–Kier alpha value is -3.03. The van der Waals surface area contributed by atoms with Crippen molar-refractivity contribution in [3.05, 3.63) is 71.5 Å². The van der Waals surface area contributed by atoms with Gasteiger partial charge in [-0.3, -0.25) is 9.78 Å². The van der Waals surface area contributed by atoms with Crippen LogP contribution in [-0.2, 0) is 0 Å². The molecule has 27 heavy (non-hydrogen) atoms. The summed E-state index contributed by atoms with van der Waals surface area (Å²) in [6, 6.07) is 7.09. The van der Waals surface area contributed by atoms with Gasteiger partial charge in [0.15, 0.2) is 0 Å². The van der Waals surface area contributed by atoms with Gasteiger partial charge in [-0.15, -0.1) is 11.3 Å². The molecule has 0 aromatic carbocycles. The average Bonchev–Trinajstić information content (AvgIpc) is 3.32. The number of halogens is 1. The van der Waals surface area contributed by atoms with Crippen molar-refractivity contribution in [2.45, 2.75) is 6.92 Å². The Morgan fingerprint density at radius 3 is 2.78 bits per heavy atom. The molecule has 1 amide bonds. The van der Waals surface area contributed by atoms with Crippen molar-refractivity contribution < 1.29 is 9.21 Å². The van der Waals surface area contributed by atoms with E-state index in [0.717, 1.165) is 20.9 Å². The van der Waals surface area contributed by atoms with Crippen molar-refractivity contribution >= 4 is 34.7 Å². The van der Waals surface area contributed by atoms with Crippen LogP contribution in [-0.4, -0.2) is 20.9 Å². The SMILES string of the molecule is Cc1cnccc1C(=O)Nc1ccc(-c2sc(-c3ncco3)cc2Cl)cn1. The molecular formula is C19H13ClN4O2S. The highest BCUT2D eigenvalue weighted by Gasteiger charge is 2.14. The number of carbonyl (C=O) groups is 1. The highest BCUT2D eigenvalue weighted by atomic mass is 35.5. The first-order chi connectivity index (χ1) is 13.1. The zero-order valence-electron chi connectivity index (χ0n) is 14.1. The van der Waals surface area contributed by atoms with E-state index in [1.54, 1.807) is 36.9 Å². The van der Waals surface area contributed by atoms with Gasteiger partial charge in [0.2, 0.25) is 5.89 Å². The number of nitrogens with one attached hydrogen (secondary N) is 1. The summed E-state index contributed by atoms with van der Waals surface area (Å²) in [7, 11) is 0. The summed E-state index contributed by atoms with van der Waals surface area (Å²) in [6.07, 6.45) is 8.02. The first-order valence-corrected chi connectivity index (χ1v) is 9.19. The molecule has 0 unspecified atom stereocenters. The van der Waals surface area contributed by atoms with Gasteiger partial charge in [0.1, 0.15) is 12.1 Å². The van der Waals surface area contributed by atoms with Crippen molar-refractivity contribution in [2.75, 3.05) is 5.32 Å². The second kappa shape index (κ2) is 7.30. The summed E-state index contributed by atoms with van der Waals surface area (Å²) < 4.78 is 5.31. The number of aromatic nitrogens is 3. The molecule has 6 nitrogen and oxygen atoms in total. The minimum Gasteiger partial charge on any atom is -0.444 e. The molecule has 4 rings (SSSR count). The molecule has 0 aliphatic carbocycles. The standard InChI is InChI=1S/C19H13ClN4O2S/c1-11-9-21-5-4-13(11)18(25)24-16-3-2-12(10-23-16)17-14(20)8-15(27-17)19-22-6-7-26-19/h2-10H,1H3,(H,23,24,25). The number of oxazole rings is 1. The molecule has 4 aromatic rings. The number of amides is 1. The summed E-state index contributed by atoms with van der Waals surface area (Å²) in [6.45, 7) is 1.84. The molecule has 0 atom stereocenters. The third kappa shape index (κ3) is 3.60. The lowest BCUT2D eigenvalue weighted by atomic mass is 10.1. The number of carbonyl (C=O) groups excluding carboxylic acids is 1. The monoisotopic (exact) mass is 396 g/mol. The highest BCUT2D eigenvalue weighted by molar-refractivity contribution is 7.19. The quantitative estimate of drug-likeness (QED) is 0.520. The van der Waals surface area contributed by atoms with Gasteiger partial charge in [0.05, 0.1) is 21.0 Å². The van der Waals surface area contributed by atoms with Crippen LogP contribution in [0.15, 0.2) is 59.7 Å². The molecular weight excluding hydrogens is 384 g/mol. The molecule has 0 bridgehead atoms. The number of nitrogens with zero attached hydrogens (tertiary/aromatic N) is 3. The number of hydrogen-bond donors (Lipinski definition) is 1. The van der Waals surface area contributed by atoms with E-state index in [2.05, 4.69) is 20.3 Å². The topological polar surface area (TPSA) is 80.9 Å². The predicted octanol–water partition coefficient (Wildman–Crippen LogP) is 5.07. The fraction of sp³-hybridized carbons (Fsp3) is 0.0526. The molecule has 0 saturated heterocycles. The Kier molecular flexibility index (Phi) is 4.70. The van der Waals surface area contributed by atoms with E-state index in [1.807, 2.05) is 19.1 Å². The van der Waals surface area contributed by atoms with E-state index in [4.69, 9.17) is 16.0 Å². The largest absolute Gasteiger partial charge is 0.444 e. The van der Waals surface area contributed by atoms with Crippen molar-refractivity contribution in [1.29, 1.82) is 0 Å². The molecule has 0 saturated carbocycles. The van der Waals surface area contributed by atoms with Crippen LogP contribution >= 0.6 is 22.9 Å². The lowest BCUT2D eigenvalue weighted by molar-refractivity contribution is 0.102. The van der Waals surface area contributed by atoms with Crippen LogP contribution in [0.2, 0.25) is 5.02 Å². The molecule has 4 aromatic heterocycles. The summed E-state index contributed by atoms with van der Waals surface area (Å²) in [5.41, 5.74) is 2.21. The molecule has 0 aliphatic rings. The fourth-order valence-electron chi connectivity index (χ4n) is 2.53. The van der Waals surface area contributed by atoms with E-state index in [-0.39, 0.29) is 5.91 Å². The second-order valence-electron chi connectivity index (χ2n) is 5.70. The van der Waals surface area contributed by atoms with Gasteiger partial charge >= 0.3 is 0 Å². The van der Waals surface area contributed by atoms with Crippen LogP contribution in [0.5, 0.6) is 0 Å². The number of aryl methyl sites for hydroxylation is 1. The molecule has 4 heterocycles. The number of rotatable bonds is 4. The number of anilines is 1. The maximum atomic E-state index is 12.4. The summed E-state index contributed by atoms with van der Waals surface area (Å²) in [5, 5.41) is 3.38. The first-order valence-electron chi connectivity index (χ1n) is 7.99. The third-order valence-electron chi connectivity index (χ3n) is 3.86. The maximum Gasteiger partial charge on any atom is 0.257 e. The Morgan fingerprint density at radius 2 is 2.07 bits per heavy atom. The smallest absolute Gasteiger partial charge is 0.257 e. The normalized spacial score (nSPS) is 10.7. The van der Waals surface area contributed by atoms with Gasteiger partial charge in [-0.2, -0.15) is 0 Å². The average molecular weight is 397 g/mol. The van der Waals surface area contributed by atoms with Crippen LogP contribution in [0.1, 0.15) is 15.9 Å². The molecule has 0 aliphatic heterocycles. The molecule has 0 spiro atoms. The van der Waals surface area contributed by atoms with Crippen LogP contribution in [0, 0.1) is 6.92 Å². The molecule has 8 heteroatoms. The molecule has 134 valence electrons. The van der Waals surface area contributed by atoms with Crippen molar-refractivity contribution in [3.63, 3.8) is 0 Å². The van der Waals surface area contributed by atoms with Gasteiger partial charge in [-0.25, -0.2) is 9.97 Å². The summed E-state index contributed by atoms with van der Waals surface area (Å²) in [4.78, 5) is 26.5. The van der Waals surface area contributed by atoms with E-state index >= 15 is 0 Å². The maximum absolute atomic E-state index is 12.4. The minimum absolute atomic E-state index is 0.226. The van der Waals surface area contributed by atoms with Crippen LogP contribution in [0.4, 0.5) is 5.82 Å². The van der Waals surface area contributed by atoms with Gasteiger partial charge in [0, 0.05) is 29.7 Å². The number of thiophene rings is 1. The lowest BCUT2D eigenvalue weighted by Crippen LogP contribution is -2.14. The van der Waals surface area contributed by atoms with Gasteiger partial charge in [0.25, 0.3) is 5.91 Å². The highest BCUT2D eigenvalue weighted by Crippen LogP contribution is 2.40. The second-order valence-corrected chi connectivity index (χ2v) is 7.16. The molecule has 0 fully saturated rings. The Bertz CT molecular complexity index is 1090. The van der Waals surface area contributed by atoms with E-state index in [1.165, 1.54) is 17.6 Å². The van der Waals surface area contributed by atoms with Crippen molar-refractivity contribution in [2.24, 2.45) is 0 Å². The molecule has 1 N–H and O–H groups in total. The van der Waals surface area contributed by atoms with E-state index < -0.39 is 0 Å². The van der Waals surface area contributed by atoms with Crippen molar-refractivity contribution in [3.8, 4) is 21.2 Å². The van der Waals surface area contributed by atoms with Crippen LogP contribution in [0.25, 0.3) is 21.2 Å². The third-order valence-corrected chi connectivity index (χ3v) is 5.44. The fourth-order valence-corrected chi connectivity index (χ4v) is 3.91. The minimum atomic E-state index is -0.226. The number of hydrogen-bond acceptors (Lipinski definition) is 6. The van der Waals surface area contributed by atoms with Gasteiger partial charge in [-0.05, 0) is 36.8 Å².